The van der Waals surface area contributed by atoms with Gasteiger partial charge in [0.15, 0.2) is 0 Å². The van der Waals surface area contributed by atoms with Gasteiger partial charge in [-0.05, 0) is 36.5 Å². The highest BCUT2D eigenvalue weighted by atomic mass is 16.3. The minimum Gasteiger partial charge on any atom is -0.391 e. The first-order valence-electron chi connectivity index (χ1n) is 10.4. The van der Waals surface area contributed by atoms with Crippen molar-refractivity contribution in [2.24, 2.45) is 5.92 Å². The first-order chi connectivity index (χ1) is 13.9. The molecule has 5 nitrogen and oxygen atoms in total. The zero-order valence-corrected chi connectivity index (χ0v) is 17.0. The number of aliphatic hydroxyl groups is 1. The van der Waals surface area contributed by atoms with Crippen LogP contribution in [0.1, 0.15) is 44.2 Å². The maximum atomic E-state index is 13.9. The van der Waals surface area contributed by atoms with E-state index < -0.39 is 17.6 Å². The zero-order valence-electron chi connectivity index (χ0n) is 17.0. The Morgan fingerprint density at radius 2 is 1.86 bits per heavy atom. The van der Waals surface area contributed by atoms with Crippen molar-refractivity contribution >= 4 is 17.5 Å². The van der Waals surface area contributed by atoms with Gasteiger partial charge in [-0.25, -0.2) is 0 Å². The summed E-state index contributed by atoms with van der Waals surface area (Å²) >= 11 is 0. The van der Waals surface area contributed by atoms with Crippen molar-refractivity contribution in [2.45, 2.75) is 57.2 Å². The summed E-state index contributed by atoms with van der Waals surface area (Å²) in [5.74, 6) is -0.383. The number of fused-ring (bicyclic) bond motifs is 2. The molecule has 0 saturated heterocycles. The Hall–Kier alpha value is -2.66. The number of anilines is 1. The Morgan fingerprint density at radius 3 is 2.59 bits per heavy atom. The van der Waals surface area contributed by atoms with E-state index in [0.717, 1.165) is 23.2 Å². The van der Waals surface area contributed by atoms with Crippen LogP contribution >= 0.6 is 0 Å². The summed E-state index contributed by atoms with van der Waals surface area (Å²) in [6, 6.07) is 17.1. The number of carbonyl (C=O) groups is 2. The minimum atomic E-state index is -0.923. The zero-order chi connectivity index (χ0) is 20.6. The molecule has 1 fully saturated rings. The topological polar surface area (TPSA) is 69.6 Å². The first-order valence-corrected chi connectivity index (χ1v) is 10.4. The number of hydrogen-bond donors (Lipinski definition) is 2. The molecule has 1 saturated carbocycles. The highest BCUT2D eigenvalue weighted by Gasteiger charge is 2.59. The van der Waals surface area contributed by atoms with Crippen LogP contribution in [-0.4, -0.2) is 29.1 Å². The number of nitrogens with zero attached hydrogens (tertiary/aromatic N) is 1. The van der Waals surface area contributed by atoms with Crippen molar-refractivity contribution < 1.29 is 14.7 Å². The van der Waals surface area contributed by atoms with Crippen LogP contribution in [0, 0.1) is 5.92 Å². The summed E-state index contributed by atoms with van der Waals surface area (Å²) in [4.78, 5) is 28.3. The van der Waals surface area contributed by atoms with Gasteiger partial charge in [0.1, 0.15) is 0 Å². The Bertz CT molecular complexity index is 911. The molecule has 1 heterocycles. The molecular formula is C24H28N2O3. The molecule has 3 atom stereocenters. The summed E-state index contributed by atoms with van der Waals surface area (Å²) in [5.41, 5.74) is 1.91. The summed E-state index contributed by atoms with van der Waals surface area (Å²) in [6.07, 6.45) is 1.20. The highest BCUT2D eigenvalue weighted by molar-refractivity contribution is 6.09. The smallest absolute Gasteiger partial charge is 0.240 e. The lowest BCUT2D eigenvalue weighted by Crippen LogP contribution is -2.63. The molecule has 2 aromatic rings. The molecule has 1 aliphatic heterocycles. The van der Waals surface area contributed by atoms with E-state index in [9.17, 15) is 14.7 Å². The number of nitrogens with one attached hydrogen (secondary N) is 1. The van der Waals surface area contributed by atoms with Gasteiger partial charge in [0.2, 0.25) is 11.8 Å². The Morgan fingerprint density at radius 1 is 1.17 bits per heavy atom. The molecule has 0 bridgehead atoms. The molecular weight excluding hydrogens is 364 g/mol. The quantitative estimate of drug-likeness (QED) is 0.840. The number of hydrogen-bond acceptors (Lipinski definition) is 3. The van der Waals surface area contributed by atoms with Crippen LogP contribution in [0.4, 0.5) is 5.69 Å². The van der Waals surface area contributed by atoms with Crippen LogP contribution < -0.4 is 10.2 Å². The van der Waals surface area contributed by atoms with E-state index in [1.807, 2.05) is 73.3 Å². The maximum Gasteiger partial charge on any atom is 0.240 e. The normalized spacial score (nSPS) is 26.1. The van der Waals surface area contributed by atoms with Gasteiger partial charge in [-0.3, -0.25) is 9.59 Å². The Labute approximate surface area is 171 Å². The number of para-hydroxylation sites is 1. The second kappa shape index (κ2) is 7.64. The van der Waals surface area contributed by atoms with Crippen molar-refractivity contribution in [3.05, 3.63) is 65.7 Å². The predicted octanol–water partition coefficient (Wildman–Crippen LogP) is 3.16. The van der Waals surface area contributed by atoms with E-state index in [1.165, 1.54) is 0 Å². The van der Waals surface area contributed by atoms with E-state index in [4.69, 9.17) is 0 Å². The second-order valence-corrected chi connectivity index (χ2v) is 8.47. The van der Waals surface area contributed by atoms with Gasteiger partial charge in [0, 0.05) is 11.6 Å². The molecule has 152 valence electrons. The summed E-state index contributed by atoms with van der Waals surface area (Å²) in [6.45, 7) is 4.12. The molecule has 5 heteroatoms. The largest absolute Gasteiger partial charge is 0.391 e. The molecule has 1 aliphatic carbocycles. The fourth-order valence-corrected chi connectivity index (χ4v) is 4.80. The fraction of sp³-hybridized carbons (Fsp3) is 0.417. The van der Waals surface area contributed by atoms with Crippen molar-refractivity contribution in [1.82, 2.24) is 5.32 Å². The van der Waals surface area contributed by atoms with Gasteiger partial charge < -0.3 is 15.3 Å². The number of aliphatic hydroxyl groups excluding tert-OH is 1. The van der Waals surface area contributed by atoms with Crippen LogP contribution in [0.15, 0.2) is 54.6 Å². The van der Waals surface area contributed by atoms with Crippen LogP contribution in [0.5, 0.6) is 0 Å². The van der Waals surface area contributed by atoms with E-state index in [0.29, 0.717) is 19.4 Å². The fourth-order valence-electron chi connectivity index (χ4n) is 4.80. The van der Waals surface area contributed by atoms with Gasteiger partial charge in [0.25, 0.3) is 0 Å². The highest BCUT2D eigenvalue weighted by Crippen LogP contribution is 2.50. The first kappa shape index (κ1) is 19.6. The van der Waals surface area contributed by atoms with E-state index >= 15 is 0 Å². The van der Waals surface area contributed by atoms with Crippen molar-refractivity contribution in [2.75, 3.05) is 4.90 Å². The van der Waals surface area contributed by atoms with E-state index in [1.54, 1.807) is 0 Å². The van der Waals surface area contributed by atoms with Gasteiger partial charge >= 0.3 is 0 Å². The van der Waals surface area contributed by atoms with Gasteiger partial charge in [-0.1, -0.05) is 62.4 Å². The van der Waals surface area contributed by atoms with Crippen LogP contribution in [-0.2, 0) is 21.5 Å². The van der Waals surface area contributed by atoms with E-state index in [-0.39, 0.29) is 17.7 Å². The number of amides is 2. The molecule has 29 heavy (non-hydrogen) atoms. The van der Waals surface area contributed by atoms with Crippen LogP contribution in [0.3, 0.4) is 0 Å². The van der Waals surface area contributed by atoms with Crippen molar-refractivity contribution in [3.8, 4) is 0 Å². The molecule has 0 unspecified atom stereocenters. The monoisotopic (exact) mass is 392 g/mol. The molecule has 2 aromatic carbocycles. The predicted molar refractivity (Wildman–Crippen MR) is 112 cm³/mol. The summed E-state index contributed by atoms with van der Waals surface area (Å²) in [5, 5.41) is 13.9. The average Bonchev–Trinajstić information content (AvgIpc) is 2.95. The van der Waals surface area contributed by atoms with Crippen LogP contribution in [0.25, 0.3) is 0 Å². The maximum absolute atomic E-state index is 13.9. The molecule has 2 aliphatic rings. The lowest BCUT2D eigenvalue weighted by atomic mass is 9.65. The van der Waals surface area contributed by atoms with E-state index in [2.05, 4.69) is 5.32 Å². The molecule has 4 rings (SSSR count). The molecule has 1 spiro atoms. The van der Waals surface area contributed by atoms with Gasteiger partial charge in [-0.15, -0.1) is 0 Å². The average molecular weight is 392 g/mol. The number of rotatable bonds is 4. The lowest BCUT2D eigenvalue weighted by Gasteiger charge is -2.43. The Balaban J connectivity index is 1.78. The van der Waals surface area contributed by atoms with Crippen molar-refractivity contribution in [1.29, 1.82) is 0 Å². The van der Waals surface area contributed by atoms with Crippen LogP contribution in [0.2, 0.25) is 0 Å². The standard InChI is InChI=1S/C24H28N2O3/c1-16(2)22(28)25-21-20(27)13-8-14-24(21)18-11-6-7-12-19(18)26(23(24)29)15-17-9-4-3-5-10-17/h3-7,9-12,16,20-21,27H,8,13-15H2,1-2H3,(H,25,28)/t20-,21+,24-/m1/s1. The second-order valence-electron chi connectivity index (χ2n) is 8.47. The third-order valence-electron chi connectivity index (χ3n) is 6.29. The lowest BCUT2D eigenvalue weighted by molar-refractivity contribution is -0.132. The van der Waals surface area contributed by atoms with Gasteiger partial charge in [-0.2, -0.15) is 0 Å². The number of benzene rings is 2. The molecule has 2 N–H and O–H groups in total. The molecule has 2 amide bonds. The number of carbonyl (C=O) groups excluding carboxylic acids is 2. The SMILES string of the molecule is CC(C)C(=O)N[C@H]1[C@H](O)CCC[C@]12C(=O)N(Cc1ccccc1)c1ccccc12. The third-order valence-corrected chi connectivity index (χ3v) is 6.29. The van der Waals surface area contributed by atoms with Crippen molar-refractivity contribution in [3.63, 3.8) is 0 Å². The Kier molecular flexibility index (Phi) is 5.17. The third kappa shape index (κ3) is 3.23. The van der Waals surface area contributed by atoms with Gasteiger partial charge in [0.05, 0.1) is 24.1 Å². The molecule has 0 aromatic heterocycles. The minimum absolute atomic E-state index is 0.0321. The summed E-state index contributed by atoms with van der Waals surface area (Å²) in [7, 11) is 0. The summed E-state index contributed by atoms with van der Waals surface area (Å²) < 4.78 is 0. The molecule has 0 radical (unpaired) electrons.